The first kappa shape index (κ1) is 25.7. The Bertz CT molecular complexity index is 886. The van der Waals surface area contributed by atoms with Crippen molar-refractivity contribution >= 4 is 41.5 Å². The van der Waals surface area contributed by atoms with Gasteiger partial charge in [0.2, 0.25) is 5.91 Å². The van der Waals surface area contributed by atoms with Crippen molar-refractivity contribution < 1.29 is 13.9 Å². The molecule has 0 bridgehead atoms. The number of rotatable bonds is 7. The molecule has 0 saturated carbocycles. The third-order valence-corrected chi connectivity index (χ3v) is 5.22. The molecule has 3 rings (SSSR count). The van der Waals surface area contributed by atoms with E-state index in [-0.39, 0.29) is 42.1 Å². The second-order valence-corrected chi connectivity index (χ2v) is 7.30. The van der Waals surface area contributed by atoms with E-state index in [2.05, 4.69) is 37.6 Å². The lowest BCUT2D eigenvalue weighted by atomic mass is 10.1. The fraction of sp³-hybridized carbons (Fsp3) is 0.391. The molecule has 0 aromatic heterocycles. The molecule has 7 nitrogen and oxygen atoms in total. The first-order chi connectivity index (χ1) is 15.1. The Hall–Kier alpha value is -2.56. The van der Waals surface area contributed by atoms with E-state index in [0.29, 0.717) is 13.1 Å². The molecule has 1 fully saturated rings. The summed E-state index contributed by atoms with van der Waals surface area (Å²) in [5.74, 6) is 1.30. The van der Waals surface area contributed by atoms with E-state index in [1.54, 1.807) is 26.3 Å². The summed E-state index contributed by atoms with van der Waals surface area (Å²) in [6.07, 6.45) is 0.237. The molecular weight excluding hydrogens is 524 g/mol. The summed E-state index contributed by atoms with van der Waals surface area (Å²) < 4.78 is 18.3. The Kier molecular flexibility index (Phi) is 10.5. The Morgan fingerprint density at radius 2 is 1.75 bits per heavy atom. The summed E-state index contributed by atoms with van der Waals surface area (Å²) in [4.78, 5) is 21.0. The normalized spacial score (nSPS) is 13.9. The zero-order valence-corrected chi connectivity index (χ0v) is 20.8. The lowest BCUT2D eigenvalue weighted by Gasteiger charge is -2.37. The van der Waals surface area contributed by atoms with E-state index >= 15 is 0 Å². The largest absolute Gasteiger partial charge is 0.497 e. The third kappa shape index (κ3) is 7.54. The van der Waals surface area contributed by atoms with E-state index in [9.17, 15) is 9.18 Å². The highest BCUT2D eigenvalue weighted by Gasteiger charge is 2.20. The number of anilines is 1. The zero-order valence-electron chi connectivity index (χ0n) is 18.5. The van der Waals surface area contributed by atoms with Crippen molar-refractivity contribution in [3.8, 4) is 5.75 Å². The van der Waals surface area contributed by atoms with Gasteiger partial charge in [-0.15, -0.1) is 24.0 Å². The van der Waals surface area contributed by atoms with Crippen LogP contribution in [0.4, 0.5) is 10.1 Å². The van der Waals surface area contributed by atoms with Gasteiger partial charge >= 0.3 is 0 Å². The van der Waals surface area contributed by atoms with E-state index in [1.165, 1.54) is 12.1 Å². The molecule has 0 unspecified atom stereocenters. The number of methoxy groups -OCH3 is 1. The molecular formula is C23H31FIN5O2. The molecule has 2 N–H and O–H groups in total. The first-order valence-corrected chi connectivity index (χ1v) is 10.4. The van der Waals surface area contributed by atoms with Crippen molar-refractivity contribution in [3.05, 3.63) is 59.9 Å². The maximum Gasteiger partial charge on any atom is 0.224 e. The van der Waals surface area contributed by atoms with Crippen LogP contribution >= 0.6 is 24.0 Å². The molecule has 1 aliphatic heterocycles. The van der Waals surface area contributed by atoms with Gasteiger partial charge in [-0.3, -0.25) is 9.79 Å². The number of nitrogens with zero attached hydrogens (tertiary/aromatic N) is 3. The minimum atomic E-state index is -0.302. The molecule has 1 saturated heterocycles. The maximum atomic E-state index is 12.9. The minimum absolute atomic E-state index is 0. The second-order valence-electron chi connectivity index (χ2n) is 7.30. The summed E-state index contributed by atoms with van der Waals surface area (Å²) in [5.41, 5.74) is 1.95. The van der Waals surface area contributed by atoms with Crippen LogP contribution in [0.3, 0.4) is 0 Å². The number of piperazine rings is 1. The van der Waals surface area contributed by atoms with Crippen molar-refractivity contribution in [2.45, 2.75) is 6.42 Å². The van der Waals surface area contributed by atoms with E-state index in [1.807, 2.05) is 12.1 Å². The number of hydrogen-bond acceptors (Lipinski definition) is 4. The maximum absolute atomic E-state index is 12.9. The van der Waals surface area contributed by atoms with Crippen LogP contribution in [0.2, 0.25) is 0 Å². The number of guanidine groups is 1. The fourth-order valence-corrected chi connectivity index (χ4v) is 3.54. The molecule has 0 radical (unpaired) electrons. The number of ether oxygens (including phenoxy) is 1. The average Bonchev–Trinajstić information content (AvgIpc) is 2.81. The van der Waals surface area contributed by atoms with Crippen LogP contribution in [0.15, 0.2) is 53.5 Å². The molecule has 1 aliphatic rings. The molecule has 2 aromatic carbocycles. The average molecular weight is 555 g/mol. The molecule has 1 heterocycles. The van der Waals surface area contributed by atoms with Gasteiger partial charge in [-0.2, -0.15) is 0 Å². The summed E-state index contributed by atoms with van der Waals surface area (Å²) in [6, 6.07) is 14.1. The van der Waals surface area contributed by atoms with Gasteiger partial charge in [-0.1, -0.05) is 18.2 Å². The van der Waals surface area contributed by atoms with Gasteiger partial charge in [0.25, 0.3) is 0 Å². The van der Waals surface area contributed by atoms with Crippen LogP contribution in [0.5, 0.6) is 5.75 Å². The molecule has 1 amide bonds. The Labute approximate surface area is 206 Å². The third-order valence-electron chi connectivity index (χ3n) is 5.22. The molecule has 0 aliphatic carbocycles. The van der Waals surface area contributed by atoms with Crippen LogP contribution < -0.4 is 20.3 Å². The Balaban J connectivity index is 0.00000363. The second kappa shape index (κ2) is 13.1. The molecule has 2 aromatic rings. The molecule has 0 atom stereocenters. The number of amides is 1. The summed E-state index contributed by atoms with van der Waals surface area (Å²) >= 11 is 0. The monoisotopic (exact) mass is 555 g/mol. The van der Waals surface area contributed by atoms with E-state index in [0.717, 1.165) is 49.1 Å². The highest BCUT2D eigenvalue weighted by atomic mass is 127. The van der Waals surface area contributed by atoms with Crippen LogP contribution in [-0.2, 0) is 11.2 Å². The van der Waals surface area contributed by atoms with Crippen molar-refractivity contribution in [3.63, 3.8) is 0 Å². The quantitative estimate of drug-likeness (QED) is 0.238. The summed E-state index contributed by atoms with van der Waals surface area (Å²) in [5, 5.41) is 6.19. The zero-order chi connectivity index (χ0) is 22.1. The van der Waals surface area contributed by atoms with Gasteiger partial charge < -0.3 is 25.2 Å². The number of aliphatic imine (C=N–C) groups is 1. The molecule has 9 heteroatoms. The van der Waals surface area contributed by atoms with Crippen LogP contribution in [0.1, 0.15) is 5.56 Å². The predicted molar refractivity (Wildman–Crippen MR) is 137 cm³/mol. The van der Waals surface area contributed by atoms with Gasteiger partial charge in [0.1, 0.15) is 11.6 Å². The number of carbonyl (C=O) groups excluding carboxylic acids is 1. The lowest BCUT2D eigenvalue weighted by Crippen LogP contribution is -2.53. The van der Waals surface area contributed by atoms with Crippen LogP contribution in [0.25, 0.3) is 0 Å². The van der Waals surface area contributed by atoms with Crippen LogP contribution in [-0.4, -0.2) is 70.2 Å². The van der Waals surface area contributed by atoms with E-state index < -0.39 is 0 Å². The van der Waals surface area contributed by atoms with Gasteiger partial charge in [-0.05, 0) is 29.8 Å². The predicted octanol–water partition coefficient (Wildman–Crippen LogP) is 2.51. The van der Waals surface area contributed by atoms with Crippen molar-refractivity contribution in [2.75, 3.05) is 58.3 Å². The minimum Gasteiger partial charge on any atom is -0.497 e. The smallest absolute Gasteiger partial charge is 0.224 e. The standard InChI is InChI=1S/C23H30FN5O2.HI/c1-25-23(27-11-10-26-22(30)16-18-6-8-19(24)9-7-18)29-14-12-28(13-15-29)20-4-3-5-21(17-20)31-2;/h3-9,17H,10-16H2,1-2H3,(H,25,27)(H,26,30);1H. The number of halogens is 2. The van der Waals surface area contributed by atoms with E-state index in [4.69, 9.17) is 4.74 Å². The SMILES string of the molecule is CN=C(NCCNC(=O)Cc1ccc(F)cc1)N1CCN(c2cccc(OC)c2)CC1.I. The number of nitrogens with one attached hydrogen (secondary N) is 2. The highest BCUT2D eigenvalue weighted by molar-refractivity contribution is 14.0. The van der Waals surface area contributed by atoms with Gasteiger partial charge in [0.15, 0.2) is 5.96 Å². The highest BCUT2D eigenvalue weighted by Crippen LogP contribution is 2.22. The Morgan fingerprint density at radius 3 is 2.41 bits per heavy atom. The van der Waals surface area contributed by atoms with Crippen molar-refractivity contribution in [2.24, 2.45) is 4.99 Å². The summed E-state index contributed by atoms with van der Waals surface area (Å²) in [6.45, 7) is 4.56. The van der Waals surface area contributed by atoms with Gasteiger partial charge in [-0.25, -0.2) is 4.39 Å². The number of carbonyl (C=O) groups is 1. The van der Waals surface area contributed by atoms with Gasteiger partial charge in [0.05, 0.1) is 13.5 Å². The number of benzene rings is 2. The lowest BCUT2D eigenvalue weighted by molar-refractivity contribution is -0.120. The van der Waals surface area contributed by atoms with Crippen LogP contribution in [0, 0.1) is 5.82 Å². The summed E-state index contributed by atoms with van der Waals surface area (Å²) in [7, 11) is 3.45. The van der Waals surface area contributed by atoms with Gasteiger partial charge in [0, 0.05) is 58.1 Å². The molecule has 174 valence electrons. The molecule has 32 heavy (non-hydrogen) atoms. The Morgan fingerprint density at radius 1 is 1.06 bits per heavy atom. The molecule has 0 spiro atoms. The number of hydrogen-bond donors (Lipinski definition) is 2. The first-order valence-electron chi connectivity index (χ1n) is 10.4. The van der Waals surface area contributed by atoms with Crippen molar-refractivity contribution in [1.82, 2.24) is 15.5 Å². The fourth-order valence-electron chi connectivity index (χ4n) is 3.54. The topological polar surface area (TPSA) is 69.2 Å². The van der Waals surface area contributed by atoms with Crippen molar-refractivity contribution in [1.29, 1.82) is 0 Å².